The Kier molecular flexibility index (Phi) is 4.03. The maximum atomic E-state index is 5.75. The molecule has 1 aromatic heterocycles. The van der Waals surface area contributed by atoms with E-state index in [4.69, 9.17) is 5.84 Å². The van der Waals surface area contributed by atoms with E-state index in [9.17, 15) is 0 Å². The lowest BCUT2D eigenvalue weighted by molar-refractivity contribution is 0.560. The second-order valence-corrected chi connectivity index (χ2v) is 7.09. The first-order chi connectivity index (χ1) is 9.26. The third-order valence-electron chi connectivity index (χ3n) is 3.64. The number of rotatable bonds is 4. The molecule has 2 aromatic rings. The highest BCUT2D eigenvalue weighted by Crippen LogP contribution is 2.34. The van der Waals surface area contributed by atoms with Crippen molar-refractivity contribution < 1.29 is 0 Å². The summed E-state index contributed by atoms with van der Waals surface area (Å²) in [5.74, 6) is 5.75. The van der Waals surface area contributed by atoms with Crippen molar-refractivity contribution in [3.63, 3.8) is 0 Å². The molecule has 2 nitrogen and oxygen atoms in total. The van der Waals surface area contributed by atoms with Gasteiger partial charge in [-0.05, 0) is 55.0 Å². The molecule has 0 saturated carbocycles. The van der Waals surface area contributed by atoms with Crippen molar-refractivity contribution >= 4 is 27.3 Å². The Balaban J connectivity index is 1.80. The van der Waals surface area contributed by atoms with Crippen LogP contribution < -0.4 is 11.3 Å². The van der Waals surface area contributed by atoms with Crippen LogP contribution in [0.4, 0.5) is 0 Å². The van der Waals surface area contributed by atoms with E-state index in [1.807, 2.05) is 17.4 Å². The van der Waals surface area contributed by atoms with Gasteiger partial charge in [0.2, 0.25) is 0 Å². The number of fused-ring (bicyclic) bond motifs is 1. The molecular weight excluding hydrogens is 320 g/mol. The summed E-state index contributed by atoms with van der Waals surface area (Å²) in [7, 11) is 0. The highest BCUT2D eigenvalue weighted by Gasteiger charge is 2.19. The number of halogens is 1. The van der Waals surface area contributed by atoms with Gasteiger partial charge in [0.1, 0.15) is 0 Å². The summed E-state index contributed by atoms with van der Waals surface area (Å²) in [6.07, 6.45) is 4.72. The Morgan fingerprint density at radius 2 is 2.21 bits per heavy atom. The predicted molar refractivity (Wildman–Crippen MR) is 84.3 cm³/mol. The van der Waals surface area contributed by atoms with E-state index >= 15 is 0 Å². The fourth-order valence-corrected chi connectivity index (χ4v) is 4.43. The van der Waals surface area contributed by atoms with Crippen LogP contribution in [0, 0.1) is 0 Å². The van der Waals surface area contributed by atoms with Gasteiger partial charge >= 0.3 is 0 Å². The number of thiophene rings is 1. The first-order valence-corrected chi connectivity index (χ1v) is 8.19. The standard InChI is InChI=1S/C15H17BrN2S/c16-12-5-1-3-10(7-12)8-13(18-17)15-9-11-4-2-6-14(11)19-15/h1,3,5,7,9,13,18H,2,4,6,8,17H2. The van der Waals surface area contributed by atoms with Crippen molar-refractivity contribution in [3.05, 3.63) is 55.7 Å². The maximum absolute atomic E-state index is 5.75. The minimum Gasteiger partial charge on any atom is -0.271 e. The number of hydrogen-bond acceptors (Lipinski definition) is 3. The predicted octanol–water partition coefficient (Wildman–Crippen LogP) is 3.75. The summed E-state index contributed by atoms with van der Waals surface area (Å²) in [4.78, 5) is 2.93. The summed E-state index contributed by atoms with van der Waals surface area (Å²) in [6, 6.07) is 11.0. The van der Waals surface area contributed by atoms with Crippen molar-refractivity contribution in [1.82, 2.24) is 5.43 Å². The summed E-state index contributed by atoms with van der Waals surface area (Å²) in [5, 5.41) is 0. The van der Waals surface area contributed by atoms with Crippen LogP contribution in [-0.4, -0.2) is 0 Å². The number of benzene rings is 1. The van der Waals surface area contributed by atoms with Gasteiger partial charge < -0.3 is 0 Å². The molecule has 0 saturated heterocycles. The summed E-state index contributed by atoms with van der Waals surface area (Å²) in [5.41, 5.74) is 5.80. The lowest BCUT2D eigenvalue weighted by Crippen LogP contribution is -2.29. The zero-order valence-electron chi connectivity index (χ0n) is 10.7. The van der Waals surface area contributed by atoms with E-state index in [-0.39, 0.29) is 6.04 Å². The molecule has 1 atom stereocenters. The van der Waals surface area contributed by atoms with Crippen LogP contribution in [0.2, 0.25) is 0 Å². The molecule has 100 valence electrons. The molecule has 0 radical (unpaired) electrons. The minimum atomic E-state index is 0.213. The number of nitrogens with one attached hydrogen (secondary N) is 1. The molecule has 0 bridgehead atoms. The van der Waals surface area contributed by atoms with Gasteiger partial charge in [0.05, 0.1) is 6.04 Å². The highest BCUT2D eigenvalue weighted by atomic mass is 79.9. The summed E-state index contributed by atoms with van der Waals surface area (Å²) < 4.78 is 1.12. The molecule has 1 unspecified atom stereocenters. The van der Waals surface area contributed by atoms with Crippen LogP contribution in [-0.2, 0) is 19.3 Å². The quantitative estimate of drug-likeness (QED) is 0.659. The van der Waals surface area contributed by atoms with Crippen LogP contribution in [0.15, 0.2) is 34.8 Å². The summed E-state index contributed by atoms with van der Waals surface area (Å²) >= 11 is 5.44. The molecule has 4 heteroatoms. The second kappa shape index (κ2) is 5.75. The average molecular weight is 337 g/mol. The van der Waals surface area contributed by atoms with Gasteiger partial charge in [0.25, 0.3) is 0 Å². The molecule has 3 rings (SSSR count). The van der Waals surface area contributed by atoms with Crippen LogP contribution in [0.5, 0.6) is 0 Å². The van der Waals surface area contributed by atoms with Gasteiger partial charge in [-0.1, -0.05) is 28.1 Å². The minimum absolute atomic E-state index is 0.213. The zero-order chi connectivity index (χ0) is 13.2. The highest BCUT2D eigenvalue weighted by molar-refractivity contribution is 9.10. The lowest BCUT2D eigenvalue weighted by Gasteiger charge is -2.14. The first-order valence-electron chi connectivity index (χ1n) is 6.58. The van der Waals surface area contributed by atoms with E-state index in [1.54, 1.807) is 4.88 Å². The third-order valence-corrected chi connectivity index (χ3v) is 5.48. The van der Waals surface area contributed by atoms with E-state index in [0.717, 1.165) is 10.9 Å². The van der Waals surface area contributed by atoms with Gasteiger partial charge in [0.15, 0.2) is 0 Å². The van der Waals surface area contributed by atoms with Crippen molar-refractivity contribution in [3.8, 4) is 0 Å². The Morgan fingerprint density at radius 3 is 2.95 bits per heavy atom. The van der Waals surface area contributed by atoms with Crippen molar-refractivity contribution in [2.24, 2.45) is 5.84 Å². The van der Waals surface area contributed by atoms with Gasteiger partial charge in [-0.15, -0.1) is 11.3 Å². The molecule has 1 heterocycles. The molecule has 0 aliphatic heterocycles. The van der Waals surface area contributed by atoms with Crippen molar-refractivity contribution in [1.29, 1.82) is 0 Å². The van der Waals surface area contributed by atoms with Gasteiger partial charge in [-0.3, -0.25) is 11.3 Å². The molecule has 1 aliphatic rings. The molecule has 3 N–H and O–H groups in total. The molecule has 0 spiro atoms. The molecular formula is C15H17BrN2S. The molecule has 0 fully saturated rings. The van der Waals surface area contributed by atoms with Gasteiger partial charge in [0, 0.05) is 14.2 Å². The largest absolute Gasteiger partial charge is 0.271 e. The number of aryl methyl sites for hydroxylation is 2. The Hall–Kier alpha value is -0.680. The topological polar surface area (TPSA) is 38.0 Å². The Labute approximate surface area is 126 Å². The third kappa shape index (κ3) is 2.92. The van der Waals surface area contributed by atoms with E-state index < -0.39 is 0 Å². The summed E-state index contributed by atoms with van der Waals surface area (Å²) in [6.45, 7) is 0. The Morgan fingerprint density at radius 1 is 1.32 bits per heavy atom. The van der Waals surface area contributed by atoms with Crippen LogP contribution in [0.25, 0.3) is 0 Å². The van der Waals surface area contributed by atoms with E-state index in [1.165, 1.54) is 35.3 Å². The van der Waals surface area contributed by atoms with Crippen molar-refractivity contribution in [2.75, 3.05) is 0 Å². The SMILES string of the molecule is NNC(Cc1cccc(Br)c1)c1cc2c(s1)CCC2. The monoisotopic (exact) mass is 336 g/mol. The lowest BCUT2D eigenvalue weighted by atomic mass is 10.0. The fraction of sp³-hybridized carbons (Fsp3) is 0.333. The maximum Gasteiger partial charge on any atom is 0.0593 e. The van der Waals surface area contributed by atoms with Crippen molar-refractivity contribution in [2.45, 2.75) is 31.7 Å². The fourth-order valence-electron chi connectivity index (χ4n) is 2.67. The normalized spacial score (nSPS) is 15.5. The molecule has 1 aromatic carbocycles. The van der Waals surface area contributed by atoms with Crippen LogP contribution in [0.1, 0.15) is 33.3 Å². The van der Waals surface area contributed by atoms with Gasteiger partial charge in [-0.25, -0.2) is 0 Å². The average Bonchev–Trinajstić information content (AvgIpc) is 2.96. The molecule has 0 amide bonds. The van der Waals surface area contributed by atoms with Crippen LogP contribution in [0.3, 0.4) is 0 Å². The van der Waals surface area contributed by atoms with Crippen LogP contribution >= 0.6 is 27.3 Å². The van der Waals surface area contributed by atoms with E-state index in [0.29, 0.717) is 0 Å². The zero-order valence-corrected chi connectivity index (χ0v) is 13.1. The number of hydrazine groups is 1. The number of hydrogen-bond donors (Lipinski definition) is 2. The molecule has 19 heavy (non-hydrogen) atoms. The second-order valence-electron chi connectivity index (χ2n) is 5.00. The van der Waals surface area contributed by atoms with Gasteiger partial charge in [-0.2, -0.15) is 0 Å². The smallest absolute Gasteiger partial charge is 0.0593 e. The Bertz CT molecular complexity index is 558. The molecule has 1 aliphatic carbocycles. The number of nitrogens with two attached hydrogens (primary N) is 1. The first kappa shape index (κ1) is 13.3. The van der Waals surface area contributed by atoms with E-state index in [2.05, 4.69) is 45.6 Å².